The van der Waals surface area contributed by atoms with E-state index in [1.807, 2.05) is 13.0 Å². The van der Waals surface area contributed by atoms with Crippen LogP contribution in [0, 0.1) is 28.6 Å². The fourth-order valence-corrected chi connectivity index (χ4v) is 6.93. The summed E-state index contributed by atoms with van der Waals surface area (Å²) in [5.41, 5.74) is -1.63. The zero-order valence-electron chi connectivity index (χ0n) is 17.9. The second-order valence-corrected chi connectivity index (χ2v) is 10.7. The quantitative estimate of drug-likeness (QED) is 0.257. The molecule has 0 radical (unpaired) electrons. The van der Waals surface area contributed by atoms with E-state index in [2.05, 4.69) is 6.92 Å². The Kier molecular flexibility index (Phi) is 6.71. The Labute approximate surface area is 192 Å². The van der Waals surface area contributed by atoms with Crippen molar-refractivity contribution in [2.24, 2.45) is 28.6 Å². The summed E-state index contributed by atoms with van der Waals surface area (Å²) in [5.74, 6) is -0.403. The molecule has 0 saturated heterocycles. The summed E-state index contributed by atoms with van der Waals surface area (Å²) < 4.78 is 36.6. The number of fused-ring (bicyclic) bond motifs is 5. The van der Waals surface area contributed by atoms with Crippen LogP contribution in [0.2, 0.25) is 0 Å². The van der Waals surface area contributed by atoms with Crippen LogP contribution in [-0.2, 0) is 24.7 Å². The number of hydrogen-bond donors (Lipinski definition) is 4. The number of alkyl halides is 1. The van der Waals surface area contributed by atoms with Gasteiger partial charge in [-0.2, -0.15) is 8.42 Å². The van der Waals surface area contributed by atoms with Crippen LogP contribution in [0.5, 0.6) is 0 Å². The molecule has 0 aromatic heterocycles. The van der Waals surface area contributed by atoms with Gasteiger partial charge in [-0.15, -0.1) is 0 Å². The summed E-state index contributed by atoms with van der Waals surface area (Å²) in [7, 11) is -4.67. The maximum Gasteiger partial charge on any atom is 0.394 e. The van der Waals surface area contributed by atoms with Gasteiger partial charge in [-0.05, 0) is 56.1 Å². The minimum atomic E-state index is -4.67. The van der Waals surface area contributed by atoms with Gasteiger partial charge in [-0.3, -0.25) is 13.9 Å². The first-order valence-corrected chi connectivity index (χ1v) is 12.4. The van der Waals surface area contributed by atoms with Crippen molar-refractivity contribution in [2.45, 2.75) is 57.7 Å². The zero-order valence-corrected chi connectivity index (χ0v) is 19.5. The van der Waals surface area contributed by atoms with Gasteiger partial charge < -0.3 is 14.9 Å². The van der Waals surface area contributed by atoms with Gasteiger partial charge in [-0.25, -0.2) is 4.79 Å². The molecule has 180 valence electrons. The lowest BCUT2D eigenvalue weighted by Crippen LogP contribution is -2.61. The minimum absolute atomic E-state index is 0.00937. The van der Waals surface area contributed by atoms with Gasteiger partial charge in [0.1, 0.15) is 0 Å². The number of allylic oxidation sites excluding steroid dienone is 4. The highest BCUT2D eigenvalue weighted by Gasteiger charge is 2.69. The zero-order chi connectivity index (χ0) is 24.1. The van der Waals surface area contributed by atoms with Crippen LogP contribution >= 0.6 is 11.6 Å². The first kappa shape index (κ1) is 25.3. The number of aliphatic hydroxyl groups excluding tert-OH is 1. The molecule has 32 heavy (non-hydrogen) atoms. The number of carbonyl (C=O) groups is 2. The van der Waals surface area contributed by atoms with Crippen LogP contribution in [0.4, 0.5) is 0 Å². The monoisotopic (exact) mass is 492 g/mol. The van der Waals surface area contributed by atoms with Crippen molar-refractivity contribution in [2.75, 3.05) is 6.07 Å². The van der Waals surface area contributed by atoms with E-state index < -0.39 is 33.5 Å². The molecule has 4 N–H and O–H groups in total. The van der Waals surface area contributed by atoms with Crippen molar-refractivity contribution < 1.29 is 42.1 Å². The number of halogens is 1. The molecule has 0 heterocycles. The van der Waals surface area contributed by atoms with Gasteiger partial charge in [-0.1, -0.05) is 37.1 Å². The molecule has 4 aliphatic rings. The van der Waals surface area contributed by atoms with Crippen molar-refractivity contribution in [1.82, 2.24) is 0 Å². The maximum absolute atomic E-state index is 12.5. The molecule has 0 aromatic rings. The molecule has 4 aliphatic carbocycles. The summed E-state index contributed by atoms with van der Waals surface area (Å²) >= 11 is 5.56. The Bertz CT molecular complexity index is 952. The summed E-state index contributed by atoms with van der Waals surface area (Å²) in [6, 6.07) is -0.290. The van der Waals surface area contributed by atoms with E-state index in [1.54, 1.807) is 12.2 Å². The van der Waals surface area contributed by atoms with Crippen LogP contribution < -0.4 is 0 Å². The molecule has 0 bridgehead atoms. The molecule has 0 unspecified atom stereocenters. The molecule has 7 atom stereocenters. The molecule has 0 aliphatic heterocycles. The molecular formula is C21H29ClO9S. The van der Waals surface area contributed by atoms with Crippen LogP contribution in [0.25, 0.3) is 0 Å². The Morgan fingerprint density at radius 1 is 1.28 bits per heavy atom. The van der Waals surface area contributed by atoms with E-state index in [0.717, 1.165) is 24.8 Å². The molecule has 3 saturated carbocycles. The molecule has 3 fully saturated rings. The number of ether oxygens (including phenoxy) is 1. The molecular weight excluding hydrogens is 464 g/mol. The third kappa shape index (κ3) is 4.17. The second kappa shape index (κ2) is 8.48. The summed E-state index contributed by atoms with van der Waals surface area (Å²) in [4.78, 5) is 24.4. The maximum atomic E-state index is 12.5. The molecule has 9 nitrogen and oxygen atoms in total. The van der Waals surface area contributed by atoms with Crippen molar-refractivity contribution >= 4 is 33.8 Å². The van der Waals surface area contributed by atoms with Gasteiger partial charge in [0.2, 0.25) is 0 Å². The predicted molar refractivity (Wildman–Crippen MR) is 114 cm³/mol. The Hall–Kier alpha value is -1.30. The van der Waals surface area contributed by atoms with Gasteiger partial charge in [0.15, 0.2) is 17.5 Å². The largest absolute Gasteiger partial charge is 0.447 e. The van der Waals surface area contributed by atoms with E-state index in [9.17, 15) is 19.8 Å². The fraction of sp³-hybridized carbons (Fsp3) is 0.714. The van der Waals surface area contributed by atoms with Crippen LogP contribution in [0.3, 0.4) is 0 Å². The fourth-order valence-electron chi connectivity index (χ4n) is 6.83. The molecule has 11 heteroatoms. The van der Waals surface area contributed by atoms with E-state index in [-0.39, 0.29) is 35.0 Å². The van der Waals surface area contributed by atoms with Crippen LogP contribution in [0.1, 0.15) is 46.0 Å². The highest BCUT2D eigenvalue weighted by Crippen LogP contribution is 2.67. The topological polar surface area (TPSA) is 158 Å². The highest BCUT2D eigenvalue weighted by atomic mass is 35.5. The second-order valence-electron chi connectivity index (χ2n) is 9.60. The van der Waals surface area contributed by atoms with Crippen molar-refractivity contribution in [3.63, 3.8) is 0 Å². The number of esters is 1. The number of ketones is 1. The van der Waals surface area contributed by atoms with Gasteiger partial charge >= 0.3 is 16.4 Å². The summed E-state index contributed by atoms with van der Waals surface area (Å²) in [6.45, 7) is 4.01. The first-order chi connectivity index (χ1) is 14.7. The summed E-state index contributed by atoms with van der Waals surface area (Å²) in [6.07, 6.45) is 7.64. The Morgan fingerprint density at radius 2 is 1.91 bits per heavy atom. The van der Waals surface area contributed by atoms with Crippen molar-refractivity contribution in [3.8, 4) is 0 Å². The van der Waals surface area contributed by atoms with Crippen LogP contribution in [-0.4, -0.2) is 57.3 Å². The average Bonchev–Trinajstić information content (AvgIpc) is 2.93. The van der Waals surface area contributed by atoms with Gasteiger partial charge in [0.25, 0.3) is 0 Å². The van der Waals surface area contributed by atoms with E-state index >= 15 is 0 Å². The van der Waals surface area contributed by atoms with Crippen LogP contribution in [0.15, 0.2) is 23.8 Å². The number of hydrogen-bond acceptors (Lipinski definition) is 7. The predicted octanol–water partition coefficient (Wildman–Crippen LogP) is 2.08. The lowest BCUT2D eigenvalue weighted by Gasteiger charge is -2.59. The first-order valence-electron chi connectivity index (χ1n) is 10.4. The van der Waals surface area contributed by atoms with E-state index in [1.165, 1.54) is 0 Å². The molecule has 4 rings (SSSR count). The van der Waals surface area contributed by atoms with Crippen molar-refractivity contribution in [3.05, 3.63) is 23.8 Å². The lowest BCUT2D eigenvalue weighted by molar-refractivity contribution is -0.195. The lowest BCUT2D eigenvalue weighted by atomic mass is 9.46. The van der Waals surface area contributed by atoms with E-state index in [0.29, 0.717) is 12.8 Å². The Morgan fingerprint density at radius 3 is 2.50 bits per heavy atom. The number of rotatable bonds is 2. The molecule has 0 spiro atoms. The normalized spacial score (nSPS) is 42.6. The smallest absolute Gasteiger partial charge is 0.394 e. The van der Waals surface area contributed by atoms with E-state index in [4.69, 9.17) is 33.9 Å². The highest BCUT2D eigenvalue weighted by molar-refractivity contribution is 7.79. The standard InChI is InChI=1S/C21H27ClO5.H2O4S/c1-19-7-5-13(23)9-12(19)3-4-14-15-6-8-21(26,18(25)27-11-22)20(15,2)10-16(24)17(14)19;1-5(2,3)4/h5,7,9,14-17,24,26H,3-4,6,8,10-11H2,1-2H3;(H2,1,2,3,4)/t14-,15-,16-,17+,19-,20-,21-;/m0./s1. The third-order valence-corrected chi connectivity index (χ3v) is 8.28. The molecule has 0 aromatic carbocycles. The number of carbonyl (C=O) groups excluding carboxylic acids is 2. The van der Waals surface area contributed by atoms with Gasteiger partial charge in [0.05, 0.1) is 6.10 Å². The SMILES string of the molecule is C[C@]12C=CC(=O)C=C1CC[C@@H]1[C@@H]2[C@@H](O)C[C@@]2(C)[C@H]1CC[C@]2(O)C(=O)OCCl.O=S(=O)(O)O. The summed E-state index contributed by atoms with van der Waals surface area (Å²) in [5, 5.41) is 22.5. The van der Waals surface area contributed by atoms with Crippen molar-refractivity contribution in [1.29, 1.82) is 0 Å². The third-order valence-electron chi connectivity index (χ3n) is 8.17. The average molecular weight is 493 g/mol. The Balaban J connectivity index is 0.000000523. The minimum Gasteiger partial charge on any atom is -0.447 e. The van der Waals surface area contributed by atoms with Gasteiger partial charge in [0, 0.05) is 16.7 Å². The molecule has 0 amide bonds. The number of aliphatic hydroxyl groups is 2.